The van der Waals surface area contributed by atoms with Crippen LogP contribution in [0.25, 0.3) is 0 Å². The van der Waals surface area contributed by atoms with Gasteiger partial charge in [-0.3, -0.25) is 4.79 Å². The molecule has 4 heteroatoms. The highest BCUT2D eigenvalue weighted by molar-refractivity contribution is 5.81. The molecular formula is C10H17NO3. The molecule has 80 valence electrons. The Morgan fingerprint density at radius 1 is 1.64 bits per heavy atom. The molecule has 0 aromatic rings. The second kappa shape index (κ2) is 3.98. The molecule has 1 saturated carbocycles. The molecule has 1 aliphatic rings. The van der Waals surface area contributed by atoms with Crippen LogP contribution < -0.4 is 0 Å². The van der Waals surface area contributed by atoms with Gasteiger partial charge in [-0.2, -0.15) is 0 Å². The average Bonchev–Trinajstić information content (AvgIpc) is 2.90. The molecule has 1 amide bonds. The maximum Gasteiger partial charge on any atom is 0.329 e. The number of carbonyl (C=O) groups excluding carboxylic acids is 1. The highest BCUT2D eigenvalue weighted by atomic mass is 16.4. The molecule has 1 fully saturated rings. The number of nitrogens with zero attached hydrogens (tertiary/aromatic N) is 1. The van der Waals surface area contributed by atoms with E-state index in [-0.39, 0.29) is 0 Å². The SMILES string of the molecule is CCN(C=O)C(C)(CC1CC1)C(=O)O. The molecule has 1 atom stereocenters. The predicted octanol–water partition coefficient (Wildman–Crippen LogP) is 1.11. The van der Waals surface area contributed by atoms with Crippen molar-refractivity contribution in [3.05, 3.63) is 0 Å². The minimum absolute atomic E-state index is 0.443. The molecule has 0 bridgehead atoms. The lowest BCUT2D eigenvalue weighted by atomic mass is 9.93. The smallest absolute Gasteiger partial charge is 0.329 e. The van der Waals surface area contributed by atoms with Crippen molar-refractivity contribution < 1.29 is 14.7 Å². The highest BCUT2D eigenvalue weighted by Gasteiger charge is 2.42. The van der Waals surface area contributed by atoms with Crippen molar-refractivity contribution in [2.24, 2.45) is 5.92 Å². The first-order valence-corrected chi connectivity index (χ1v) is 5.00. The molecule has 1 aliphatic carbocycles. The third-order valence-electron chi connectivity index (χ3n) is 2.95. The van der Waals surface area contributed by atoms with Gasteiger partial charge >= 0.3 is 5.97 Å². The Labute approximate surface area is 83.9 Å². The quantitative estimate of drug-likeness (QED) is 0.652. The van der Waals surface area contributed by atoms with E-state index >= 15 is 0 Å². The van der Waals surface area contributed by atoms with Gasteiger partial charge in [0.25, 0.3) is 0 Å². The second-order valence-corrected chi connectivity index (χ2v) is 4.12. The molecule has 0 radical (unpaired) electrons. The minimum atomic E-state index is -1.02. The average molecular weight is 199 g/mol. The molecule has 0 heterocycles. The highest BCUT2D eigenvalue weighted by Crippen LogP contribution is 2.38. The summed E-state index contributed by atoms with van der Waals surface area (Å²) in [6.45, 7) is 3.87. The summed E-state index contributed by atoms with van der Waals surface area (Å²) in [4.78, 5) is 23.3. The van der Waals surface area contributed by atoms with Crippen molar-refractivity contribution in [2.45, 2.75) is 38.6 Å². The van der Waals surface area contributed by atoms with Crippen molar-refractivity contribution in [1.82, 2.24) is 4.90 Å². The van der Waals surface area contributed by atoms with Crippen LogP contribution in [0.2, 0.25) is 0 Å². The summed E-state index contributed by atoms with van der Waals surface area (Å²) in [5, 5.41) is 9.14. The largest absolute Gasteiger partial charge is 0.480 e. The number of carboxylic acids is 1. The molecule has 1 unspecified atom stereocenters. The van der Waals surface area contributed by atoms with Gasteiger partial charge in [0.2, 0.25) is 6.41 Å². The number of aliphatic carboxylic acids is 1. The Kier molecular flexibility index (Phi) is 3.13. The fraction of sp³-hybridized carbons (Fsp3) is 0.800. The summed E-state index contributed by atoms with van der Waals surface area (Å²) in [6.07, 6.45) is 3.41. The van der Waals surface area contributed by atoms with E-state index in [9.17, 15) is 9.59 Å². The van der Waals surface area contributed by atoms with Crippen LogP contribution in [0.3, 0.4) is 0 Å². The third kappa shape index (κ3) is 2.05. The van der Waals surface area contributed by atoms with Crippen LogP contribution >= 0.6 is 0 Å². The van der Waals surface area contributed by atoms with Crippen molar-refractivity contribution >= 4 is 12.4 Å². The summed E-state index contributed by atoms with van der Waals surface area (Å²) < 4.78 is 0. The van der Waals surface area contributed by atoms with E-state index in [1.54, 1.807) is 13.8 Å². The number of likely N-dealkylation sites (N-methyl/N-ethyl adjacent to an activating group) is 1. The summed E-state index contributed by atoms with van der Waals surface area (Å²) in [7, 11) is 0. The number of carbonyl (C=O) groups is 2. The molecule has 0 spiro atoms. The Morgan fingerprint density at radius 3 is 2.50 bits per heavy atom. The van der Waals surface area contributed by atoms with Crippen LogP contribution in [0.4, 0.5) is 0 Å². The van der Waals surface area contributed by atoms with Crippen LogP contribution in [0.5, 0.6) is 0 Å². The summed E-state index contributed by atoms with van der Waals surface area (Å²) in [5.41, 5.74) is -1.02. The Hall–Kier alpha value is -1.06. The van der Waals surface area contributed by atoms with Crippen LogP contribution in [-0.2, 0) is 9.59 Å². The van der Waals surface area contributed by atoms with Gasteiger partial charge in [-0.25, -0.2) is 4.79 Å². The lowest BCUT2D eigenvalue weighted by Crippen LogP contribution is -2.52. The molecule has 1 N–H and O–H groups in total. The fourth-order valence-corrected chi connectivity index (χ4v) is 1.75. The zero-order valence-electron chi connectivity index (χ0n) is 8.69. The van der Waals surface area contributed by atoms with Gasteiger partial charge in [-0.1, -0.05) is 12.8 Å². The van der Waals surface area contributed by atoms with Gasteiger partial charge in [0.05, 0.1) is 0 Å². The minimum Gasteiger partial charge on any atom is -0.480 e. The van der Waals surface area contributed by atoms with Crippen molar-refractivity contribution in [1.29, 1.82) is 0 Å². The Balaban J connectivity index is 2.76. The van der Waals surface area contributed by atoms with E-state index in [2.05, 4.69) is 0 Å². The topological polar surface area (TPSA) is 57.6 Å². The third-order valence-corrected chi connectivity index (χ3v) is 2.95. The van der Waals surface area contributed by atoms with E-state index in [1.807, 2.05) is 0 Å². The van der Waals surface area contributed by atoms with Gasteiger partial charge in [-0.15, -0.1) is 0 Å². The first kappa shape index (κ1) is 11.0. The lowest BCUT2D eigenvalue weighted by molar-refractivity contribution is -0.154. The van der Waals surface area contributed by atoms with E-state index in [4.69, 9.17) is 5.11 Å². The molecule has 0 aliphatic heterocycles. The van der Waals surface area contributed by atoms with Gasteiger partial charge in [0, 0.05) is 6.54 Å². The van der Waals surface area contributed by atoms with Crippen LogP contribution in [0.1, 0.15) is 33.1 Å². The van der Waals surface area contributed by atoms with Gasteiger partial charge in [0.1, 0.15) is 5.54 Å². The molecule has 0 aromatic carbocycles. The molecular weight excluding hydrogens is 182 g/mol. The normalized spacial score (nSPS) is 19.9. The van der Waals surface area contributed by atoms with Gasteiger partial charge in [0.15, 0.2) is 0 Å². The fourth-order valence-electron chi connectivity index (χ4n) is 1.75. The standard InChI is InChI=1S/C10H17NO3/c1-3-11(7-12)10(2,9(13)14)6-8-4-5-8/h7-8H,3-6H2,1-2H3,(H,13,14). The maximum atomic E-state index is 11.1. The van der Waals surface area contributed by atoms with Gasteiger partial charge < -0.3 is 10.0 Å². The summed E-state index contributed by atoms with van der Waals surface area (Å²) in [5.74, 6) is -0.413. The van der Waals surface area contributed by atoms with Crippen LogP contribution in [0, 0.1) is 5.92 Å². The summed E-state index contributed by atoms with van der Waals surface area (Å²) in [6, 6.07) is 0. The van der Waals surface area contributed by atoms with E-state index in [1.165, 1.54) is 4.90 Å². The lowest BCUT2D eigenvalue weighted by Gasteiger charge is -2.34. The number of hydrogen-bond donors (Lipinski definition) is 1. The molecule has 14 heavy (non-hydrogen) atoms. The zero-order valence-corrected chi connectivity index (χ0v) is 8.69. The first-order chi connectivity index (χ1) is 6.54. The predicted molar refractivity (Wildman–Crippen MR) is 51.8 cm³/mol. The van der Waals surface area contributed by atoms with Crippen molar-refractivity contribution in [2.75, 3.05) is 6.54 Å². The molecule has 0 aromatic heterocycles. The Morgan fingerprint density at radius 2 is 2.21 bits per heavy atom. The van der Waals surface area contributed by atoms with Crippen LogP contribution in [0.15, 0.2) is 0 Å². The van der Waals surface area contributed by atoms with Crippen molar-refractivity contribution in [3.8, 4) is 0 Å². The van der Waals surface area contributed by atoms with Gasteiger partial charge in [-0.05, 0) is 26.2 Å². The number of hydrogen-bond acceptors (Lipinski definition) is 2. The molecule has 1 rings (SSSR count). The number of carboxylic acid groups (broad SMARTS) is 1. The second-order valence-electron chi connectivity index (χ2n) is 4.12. The van der Waals surface area contributed by atoms with E-state index in [0.717, 1.165) is 12.8 Å². The zero-order chi connectivity index (χ0) is 10.8. The number of amides is 1. The molecule has 4 nitrogen and oxygen atoms in total. The monoisotopic (exact) mass is 199 g/mol. The summed E-state index contributed by atoms with van der Waals surface area (Å²) >= 11 is 0. The molecule has 0 saturated heterocycles. The first-order valence-electron chi connectivity index (χ1n) is 5.00. The maximum absolute atomic E-state index is 11.1. The van der Waals surface area contributed by atoms with Crippen molar-refractivity contribution in [3.63, 3.8) is 0 Å². The van der Waals surface area contributed by atoms with Crippen LogP contribution in [-0.4, -0.2) is 34.5 Å². The van der Waals surface area contributed by atoms with E-state index < -0.39 is 11.5 Å². The Bertz CT molecular complexity index is 238. The number of rotatable bonds is 6. The van der Waals surface area contributed by atoms with E-state index in [0.29, 0.717) is 25.3 Å².